The SMILES string of the molecule is Nc1cnccc1N(N)CCCC(=O)O. The largest absolute Gasteiger partial charge is 0.481 e. The molecular weight excluding hydrogens is 196 g/mol. The number of rotatable bonds is 5. The zero-order valence-electron chi connectivity index (χ0n) is 8.26. The lowest BCUT2D eigenvalue weighted by molar-refractivity contribution is -0.137. The maximum absolute atomic E-state index is 10.3. The van der Waals surface area contributed by atoms with Gasteiger partial charge in [0.2, 0.25) is 0 Å². The predicted octanol–water partition coefficient (Wildman–Crippen LogP) is 0.209. The summed E-state index contributed by atoms with van der Waals surface area (Å²) in [7, 11) is 0. The number of nitrogens with two attached hydrogens (primary N) is 2. The highest BCUT2D eigenvalue weighted by Crippen LogP contribution is 2.18. The summed E-state index contributed by atoms with van der Waals surface area (Å²) in [6.45, 7) is 0.445. The van der Waals surface area contributed by atoms with Crippen molar-refractivity contribution in [3.05, 3.63) is 18.5 Å². The molecule has 6 nitrogen and oxygen atoms in total. The number of nitrogens with zero attached hydrogens (tertiary/aromatic N) is 2. The molecule has 0 fully saturated rings. The van der Waals surface area contributed by atoms with E-state index in [2.05, 4.69) is 4.98 Å². The molecular formula is C9H14N4O2. The maximum atomic E-state index is 10.3. The summed E-state index contributed by atoms with van der Waals surface area (Å²) in [6.07, 6.45) is 3.67. The quantitative estimate of drug-likeness (QED) is 0.474. The number of carboxylic acid groups (broad SMARTS) is 1. The van der Waals surface area contributed by atoms with Crippen LogP contribution in [0.25, 0.3) is 0 Å². The number of pyridine rings is 1. The van der Waals surface area contributed by atoms with Gasteiger partial charge in [-0.3, -0.25) is 9.78 Å². The topological polar surface area (TPSA) is 105 Å². The highest BCUT2D eigenvalue weighted by molar-refractivity contribution is 5.67. The number of hydrogen-bond donors (Lipinski definition) is 3. The summed E-state index contributed by atoms with van der Waals surface area (Å²) in [5.41, 5.74) is 6.80. The molecule has 1 rings (SSSR count). The molecule has 0 spiro atoms. The second kappa shape index (κ2) is 5.16. The van der Waals surface area contributed by atoms with Crippen molar-refractivity contribution in [3.63, 3.8) is 0 Å². The minimum Gasteiger partial charge on any atom is -0.481 e. The third kappa shape index (κ3) is 3.43. The number of aromatic nitrogens is 1. The lowest BCUT2D eigenvalue weighted by atomic mass is 10.3. The Hall–Kier alpha value is -1.82. The molecule has 0 unspecified atom stereocenters. The van der Waals surface area contributed by atoms with Gasteiger partial charge in [0, 0.05) is 19.2 Å². The summed E-state index contributed by atoms with van der Waals surface area (Å²) in [5.74, 6) is 4.89. The smallest absolute Gasteiger partial charge is 0.303 e. The summed E-state index contributed by atoms with van der Waals surface area (Å²) >= 11 is 0. The highest BCUT2D eigenvalue weighted by Gasteiger charge is 2.06. The molecule has 0 saturated carbocycles. The molecule has 6 heteroatoms. The Morgan fingerprint density at radius 2 is 2.33 bits per heavy atom. The van der Waals surface area contributed by atoms with Crippen LogP contribution in [0, 0.1) is 0 Å². The van der Waals surface area contributed by atoms with Crippen molar-refractivity contribution in [1.29, 1.82) is 0 Å². The van der Waals surface area contributed by atoms with E-state index in [-0.39, 0.29) is 6.42 Å². The summed E-state index contributed by atoms with van der Waals surface area (Å²) in [4.78, 5) is 14.1. The first-order valence-electron chi connectivity index (χ1n) is 4.55. The Bertz CT molecular complexity index is 343. The summed E-state index contributed by atoms with van der Waals surface area (Å²) in [6, 6.07) is 1.69. The van der Waals surface area contributed by atoms with Crippen LogP contribution in [0.5, 0.6) is 0 Å². The second-order valence-electron chi connectivity index (χ2n) is 3.13. The number of carbonyl (C=O) groups is 1. The van der Waals surface area contributed by atoms with Gasteiger partial charge in [0.15, 0.2) is 0 Å². The van der Waals surface area contributed by atoms with E-state index in [1.54, 1.807) is 12.3 Å². The Morgan fingerprint density at radius 1 is 1.60 bits per heavy atom. The standard InChI is InChI=1S/C9H14N4O2/c10-7-6-12-4-3-8(7)13(11)5-1-2-9(14)15/h3-4,6H,1-2,5,10-11H2,(H,14,15). The molecule has 1 aromatic heterocycles. The van der Waals surface area contributed by atoms with Crippen LogP contribution in [0.15, 0.2) is 18.5 Å². The van der Waals surface area contributed by atoms with Crippen molar-refractivity contribution in [2.24, 2.45) is 5.84 Å². The van der Waals surface area contributed by atoms with Gasteiger partial charge < -0.3 is 15.8 Å². The summed E-state index contributed by atoms with van der Waals surface area (Å²) < 4.78 is 0. The van der Waals surface area contributed by atoms with Crippen molar-refractivity contribution in [2.75, 3.05) is 17.3 Å². The van der Waals surface area contributed by atoms with Gasteiger partial charge in [-0.1, -0.05) is 0 Å². The zero-order chi connectivity index (χ0) is 11.3. The van der Waals surface area contributed by atoms with Gasteiger partial charge in [0.05, 0.1) is 17.6 Å². The van der Waals surface area contributed by atoms with Gasteiger partial charge in [-0.15, -0.1) is 0 Å². The van der Waals surface area contributed by atoms with Gasteiger partial charge in [-0.05, 0) is 12.5 Å². The fraction of sp³-hybridized carbons (Fsp3) is 0.333. The molecule has 82 valence electrons. The highest BCUT2D eigenvalue weighted by atomic mass is 16.4. The molecule has 0 aliphatic heterocycles. The van der Waals surface area contributed by atoms with Gasteiger partial charge in [-0.25, -0.2) is 5.84 Å². The zero-order valence-corrected chi connectivity index (χ0v) is 8.26. The van der Waals surface area contributed by atoms with E-state index in [4.69, 9.17) is 16.7 Å². The molecule has 0 aliphatic carbocycles. The molecule has 0 radical (unpaired) electrons. The first kappa shape index (κ1) is 11.3. The van der Waals surface area contributed by atoms with E-state index >= 15 is 0 Å². The van der Waals surface area contributed by atoms with Gasteiger partial charge in [0.1, 0.15) is 0 Å². The van der Waals surface area contributed by atoms with Crippen LogP contribution in [0.4, 0.5) is 11.4 Å². The van der Waals surface area contributed by atoms with Gasteiger partial charge in [-0.2, -0.15) is 0 Å². The minimum atomic E-state index is -0.828. The first-order chi connectivity index (χ1) is 7.11. The minimum absolute atomic E-state index is 0.0959. The molecule has 0 atom stereocenters. The number of carboxylic acids is 1. The number of hydrazine groups is 1. The summed E-state index contributed by atoms with van der Waals surface area (Å²) in [5, 5.41) is 9.89. The van der Waals surface area contributed by atoms with Crippen molar-refractivity contribution in [3.8, 4) is 0 Å². The third-order valence-corrected chi connectivity index (χ3v) is 1.93. The van der Waals surface area contributed by atoms with Crippen LogP contribution in [0.1, 0.15) is 12.8 Å². The van der Waals surface area contributed by atoms with Gasteiger partial charge >= 0.3 is 5.97 Å². The van der Waals surface area contributed by atoms with Crippen molar-refractivity contribution in [2.45, 2.75) is 12.8 Å². The predicted molar refractivity (Wildman–Crippen MR) is 57.1 cm³/mol. The van der Waals surface area contributed by atoms with Crippen molar-refractivity contribution < 1.29 is 9.90 Å². The monoisotopic (exact) mass is 210 g/mol. The van der Waals surface area contributed by atoms with Crippen LogP contribution in [-0.4, -0.2) is 22.6 Å². The maximum Gasteiger partial charge on any atom is 0.303 e. The second-order valence-corrected chi connectivity index (χ2v) is 3.13. The van der Waals surface area contributed by atoms with E-state index in [0.717, 1.165) is 0 Å². The Balaban J connectivity index is 2.50. The number of nitrogen functional groups attached to an aromatic ring is 1. The van der Waals surface area contributed by atoms with Crippen molar-refractivity contribution in [1.82, 2.24) is 4.98 Å². The average molecular weight is 210 g/mol. The van der Waals surface area contributed by atoms with Gasteiger partial charge in [0.25, 0.3) is 0 Å². The molecule has 0 amide bonds. The van der Waals surface area contributed by atoms with Crippen LogP contribution < -0.4 is 16.6 Å². The number of aliphatic carboxylic acids is 1. The van der Waals surface area contributed by atoms with Crippen LogP contribution in [-0.2, 0) is 4.79 Å². The third-order valence-electron chi connectivity index (χ3n) is 1.93. The molecule has 1 heterocycles. The molecule has 0 saturated heterocycles. The lowest BCUT2D eigenvalue weighted by Gasteiger charge is -2.19. The fourth-order valence-electron chi connectivity index (χ4n) is 1.18. The fourth-order valence-corrected chi connectivity index (χ4v) is 1.18. The molecule has 0 bridgehead atoms. The van der Waals surface area contributed by atoms with Crippen LogP contribution in [0.3, 0.4) is 0 Å². The normalized spacial score (nSPS) is 9.93. The Morgan fingerprint density at radius 3 is 2.93 bits per heavy atom. The van der Waals surface area contributed by atoms with E-state index in [0.29, 0.717) is 24.3 Å². The van der Waals surface area contributed by atoms with Crippen molar-refractivity contribution >= 4 is 17.3 Å². The van der Waals surface area contributed by atoms with Crippen LogP contribution >= 0.6 is 0 Å². The molecule has 1 aromatic rings. The average Bonchev–Trinajstić information content (AvgIpc) is 2.17. The lowest BCUT2D eigenvalue weighted by Crippen LogP contribution is -2.32. The Labute approximate surface area is 87.5 Å². The molecule has 0 aromatic carbocycles. The first-order valence-corrected chi connectivity index (χ1v) is 4.55. The number of anilines is 2. The van der Waals surface area contributed by atoms with E-state index < -0.39 is 5.97 Å². The van der Waals surface area contributed by atoms with Crippen LogP contribution in [0.2, 0.25) is 0 Å². The molecule has 0 aliphatic rings. The number of hydrogen-bond acceptors (Lipinski definition) is 5. The van der Waals surface area contributed by atoms with E-state index in [1.807, 2.05) is 0 Å². The van der Waals surface area contributed by atoms with E-state index in [9.17, 15) is 4.79 Å². The molecule has 15 heavy (non-hydrogen) atoms. The Kier molecular flexibility index (Phi) is 3.87. The molecule has 5 N–H and O–H groups in total. The van der Waals surface area contributed by atoms with E-state index in [1.165, 1.54) is 11.2 Å².